The number of alkyl halides is 4. The van der Waals surface area contributed by atoms with Gasteiger partial charge in [0.05, 0.1) is 0 Å². The van der Waals surface area contributed by atoms with E-state index in [0.717, 1.165) is 0 Å². The van der Waals surface area contributed by atoms with Crippen LogP contribution in [0, 0.1) is 0 Å². The predicted molar refractivity (Wildman–Crippen MR) is 51.6 cm³/mol. The highest BCUT2D eigenvalue weighted by atomic mass is 19.3. The lowest BCUT2D eigenvalue weighted by Gasteiger charge is -2.11. The minimum Gasteiger partial charge on any atom is -0.394 e. The molecule has 0 unspecified atom stereocenters. The number of halogens is 4. The quantitative estimate of drug-likeness (QED) is 0.321. The Labute approximate surface area is 99.2 Å². The summed E-state index contributed by atoms with van der Waals surface area (Å²) in [5.74, 6) is -3.25. The van der Waals surface area contributed by atoms with Crippen LogP contribution in [-0.4, -0.2) is 24.2 Å². The molecule has 0 aliphatic rings. The van der Waals surface area contributed by atoms with Crippen LogP contribution in [0.2, 0.25) is 0 Å². The summed E-state index contributed by atoms with van der Waals surface area (Å²) in [7, 11) is 0. The molecule has 0 heterocycles. The van der Waals surface area contributed by atoms with Gasteiger partial charge in [-0.2, -0.15) is 17.6 Å². The second kappa shape index (κ2) is 5.99. The number of ether oxygens (including phenoxy) is 2. The molecule has 18 heavy (non-hydrogen) atoms. The topological polar surface area (TPSA) is 52.6 Å². The Kier molecular flexibility index (Phi) is 5.28. The maximum atomic E-state index is 12.4. The highest BCUT2D eigenvalue weighted by Crippen LogP contribution is 2.17. The molecular formula is C10H8F4O4. The maximum Gasteiger partial charge on any atom is 0.421 e. The fourth-order valence-corrected chi connectivity index (χ4v) is 0.556. The zero-order valence-corrected chi connectivity index (χ0v) is 8.87. The first-order chi connectivity index (χ1) is 8.12. The molecule has 0 radical (unpaired) electrons. The van der Waals surface area contributed by atoms with Gasteiger partial charge < -0.3 is 9.47 Å². The van der Waals surface area contributed by atoms with Crippen molar-refractivity contribution >= 4 is 11.9 Å². The van der Waals surface area contributed by atoms with E-state index in [2.05, 4.69) is 22.6 Å². The van der Waals surface area contributed by atoms with Gasteiger partial charge in [0.2, 0.25) is 0 Å². The first-order valence-electron chi connectivity index (χ1n) is 4.29. The molecule has 0 aliphatic carbocycles. The fourth-order valence-electron chi connectivity index (χ4n) is 0.556. The van der Waals surface area contributed by atoms with Crippen LogP contribution in [0.15, 0.2) is 37.5 Å². The molecule has 8 heteroatoms. The van der Waals surface area contributed by atoms with E-state index >= 15 is 0 Å². The van der Waals surface area contributed by atoms with Crippen molar-refractivity contribution in [2.75, 3.05) is 0 Å². The van der Waals surface area contributed by atoms with Crippen molar-refractivity contribution < 1.29 is 36.6 Å². The molecule has 0 fully saturated rings. The van der Waals surface area contributed by atoms with Crippen LogP contribution in [0.25, 0.3) is 0 Å². The highest BCUT2D eigenvalue weighted by Gasteiger charge is 2.30. The van der Waals surface area contributed by atoms with Crippen molar-refractivity contribution in [3.8, 4) is 0 Å². The first-order valence-corrected chi connectivity index (χ1v) is 4.29. The summed E-state index contributed by atoms with van der Waals surface area (Å²) in [6, 6.07) is 0. The van der Waals surface area contributed by atoms with Crippen LogP contribution in [0.3, 0.4) is 0 Å². The van der Waals surface area contributed by atoms with E-state index < -0.39 is 24.2 Å². The Morgan fingerprint density at radius 2 is 1.11 bits per heavy atom. The maximum absolute atomic E-state index is 12.4. The average molecular weight is 268 g/mol. The summed E-state index contributed by atoms with van der Waals surface area (Å²) in [6.07, 6.45) is -7.34. The van der Waals surface area contributed by atoms with Crippen molar-refractivity contribution in [2.24, 2.45) is 0 Å². The Hall–Kier alpha value is -2.12. The molecule has 0 aromatic heterocycles. The number of carbonyl (C=O) groups excluding carboxylic acids is 2. The van der Waals surface area contributed by atoms with E-state index in [-0.39, 0.29) is 24.3 Å². The van der Waals surface area contributed by atoms with Crippen molar-refractivity contribution in [1.29, 1.82) is 0 Å². The summed E-state index contributed by atoms with van der Waals surface area (Å²) in [6.45, 7) is 5.37. The van der Waals surface area contributed by atoms with Gasteiger partial charge in [0.1, 0.15) is 0 Å². The molecule has 100 valence electrons. The molecule has 0 aromatic carbocycles. The minimum absolute atomic E-state index is 0.0446. The van der Waals surface area contributed by atoms with Gasteiger partial charge in [-0.3, -0.25) is 0 Å². The summed E-state index contributed by atoms with van der Waals surface area (Å²) >= 11 is 0. The van der Waals surface area contributed by atoms with E-state index in [1.54, 1.807) is 0 Å². The van der Waals surface area contributed by atoms with Crippen LogP contribution < -0.4 is 0 Å². The standard InChI is InChI=1S/C10H8F4O4/c1-3-9(11,12)17-7(15)5-6-8(16)18-10(13,14)4-2/h3-6H,1-2H2/b6-5+. The van der Waals surface area contributed by atoms with Crippen LogP contribution in [0.4, 0.5) is 17.6 Å². The monoisotopic (exact) mass is 268 g/mol. The molecule has 0 aliphatic heterocycles. The largest absolute Gasteiger partial charge is 0.421 e. The predicted octanol–water partition coefficient (Wildman–Crippen LogP) is 2.19. The van der Waals surface area contributed by atoms with E-state index in [4.69, 9.17) is 0 Å². The highest BCUT2D eigenvalue weighted by molar-refractivity contribution is 5.91. The lowest BCUT2D eigenvalue weighted by atomic mass is 10.5. The SMILES string of the molecule is C=CC(F)(F)OC(=O)/C=C/C(=O)OC(F)(F)C=C. The van der Waals surface area contributed by atoms with E-state index in [0.29, 0.717) is 0 Å². The van der Waals surface area contributed by atoms with Crippen LogP contribution in [-0.2, 0) is 19.1 Å². The first kappa shape index (κ1) is 15.9. The third-order valence-electron chi connectivity index (χ3n) is 1.30. The van der Waals surface area contributed by atoms with E-state index in [1.807, 2.05) is 0 Å². The van der Waals surface area contributed by atoms with Crippen molar-refractivity contribution in [1.82, 2.24) is 0 Å². The summed E-state index contributed by atoms with van der Waals surface area (Å²) in [5.41, 5.74) is 0. The van der Waals surface area contributed by atoms with Crippen LogP contribution >= 0.6 is 0 Å². The molecule has 0 amide bonds. The number of rotatable bonds is 6. The minimum atomic E-state index is -3.92. The van der Waals surface area contributed by atoms with Gasteiger partial charge in [0.25, 0.3) is 0 Å². The number of carbonyl (C=O) groups is 2. The summed E-state index contributed by atoms with van der Waals surface area (Å²) in [5, 5.41) is 0. The molecule has 0 aromatic rings. The van der Waals surface area contributed by atoms with Gasteiger partial charge in [-0.15, -0.1) is 0 Å². The van der Waals surface area contributed by atoms with Gasteiger partial charge in [0, 0.05) is 24.3 Å². The Bertz CT molecular complexity index is 351. The van der Waals surface area contributed by atoms with Gasteiger partial charge in [-0.05, 0) is 0 Å². The van der Waals surface area contributed by atoms with Gasteiger partial charge in [0.15, 0.2) is 0 Å². The van der Waals surface area contributed by atoms with Crippen LogP contribution in [0.5, 0.6) is 0 Å². The zero-order valence-electron chi connectivity index (χ0n) is 8.87. The van der Waals surface area contributed by atoms with Gasteiger partial charge >= 0.3 is 24.2 Å². The number of hydrogen-bond acceptors (Lipinski definition) is 4. The van der Waals surface area contributed by atoms with Crippen molar-refractivity contribution in [2.45, 2.75) is 12.2 Å². The molecule has 0 saturated heterocycles. The van der Waals surface area contributed by atoms with E-state index in [1.165, 1.54) is 0 Å². The van der Waals surface area contributed by atoms with Crippen molar-refractivity contribution in [3.05, 3.63) is 37.5 Å². The van der Waals surface area contributed by atoms with Crippen molar-refractivity contribution in [3.63, 3.8) is 0 Å². The molecule has 4 nitrogen and oxygen atoms in total. The molecule has 0 N–H and O–H groups in total. The average Bonchev–Trinajstić information content (AvgIpc) is 2.25. The molecule has 0 atom stereocenters. The number of esters is 2. The van der Waals surface area contributed by atoms with Gasteiger partial charge in [-0.25, -0.2) is 9.59 Å². The van der Waals surface area contributed by atoms with E-state index in [9.17, 15) is 27.2 Å². The Balaban J connectivity index is 4.40. The molecule has 0 rings (SSSR count). The lowest BCUT2D eigenvalue weighted by Crippen LogP contribution is -2.22. The second-order valence-corrected chi connectivity index (χ2v) is 2.71. The Morgan fingerprint density at radius 3 is 1.33 bits per heavy atom. The lowest BCUT2D eigenvalue weighted by molar-refractivity contribution is -0.205. The zero-order chi connectivity index (χ0) is 14.4. The third-order valence-corrected chi connectivity index (χ3v) is 1.30. The smallest absolute Gasteiger partial charge is 0.394 e. The normalized spacial score (nSPS) is 12.0. The molecular weight excluding hydrogens is 260 g/mol. The third kappa shape index (κ3) is 6.46. The molecule has 0 spiro atoms. The second-order valence-electron chi connectivity index (χ2n) is 2.71. The molecule has 0 saturated carbocycles. The van der Waals surface area contributed by atoms with Gasteiger partial charge in [-0.1, -0.05) is 13.2 Å². The fraction of sp³-hybridized carbons (Fsp3) is 0.200. The molecule has 0 bridgehead atoms. The number of hydrogen-bond donors (Lipinski definition) is 0. The Morgan fingerprint density at radius 1 is 0.833 bits per heavy atom. The summed E-state index contributed by atoms with van der Waals surface area (Å²) in [4.78, 5) is 21.4. The summed E-state index contributed by atoms with van der Waals surface area (Å²) < 4.78 is 56.6. The van der Waals surface area contributed by atoms with Crippen LogP contribution in [0.1, 0.15) is 0 Å².